The van der Waals surface area contributed by atoms with Gasteiger partial charge in [-0.15, -0.1) is 11.8 Å². The topological polar surface area (TPSA) is 32.3 Å². The number of nitrogens with zero attached hydrogens (tertiary/aromatic N) is 1. The van der Waals surface area contributed by atoms with Crippen molar-refractivity contribution in [3.05, 3.63) is 29.8 Å². The van der Waals surface area contributed by atoms with Gasteiger partial charge in [0.15, 0.2) is 0 Å². The summed E-state index contributed by atoms with van der Waals surface area (Å²) in [7, 11) is 1.96. The number of carbonyl (C=O) groups is 1. The molecule has 1 aromatic carbocycles. The predicted octanol–water partition coefficient (Wildman–Crippen LogP) is 3.32. The number of benzene rings is 1. The molecule has 3 nitrogen and oxygen atoms in total. The van der Waals surface area contributed by atoms with E-state index in [4.69, 9.17) is 0 Å². The fraction of sp³-hybridized carbons (Fsp3) is 0.562. The minimum atomic E-state index is -0.0463. The minimum Gasteiger partial charge on any atom is -0.342 e. The summed E-state index contributed by atoms with van der Waals surface area (Å²) in [5.41, 5.74) is 1.25. The Bertz CT molecular complexity index is 432. The molecule has 1 rings (SSSR count). The van der Waals surface area contributed by atoms with Gasteiger partial charge >= 0.3 is 0 Å². The molecular formula is C16H26N2OS. The Morgan fingerprint density at radius 2 is 1.95 bits per heavy atom. The molecule has 4 heteroatoms. The van der Waals surface area contributed by atoms with Crippen LogP contribution in [-0.4, -0.2) is 36.2 Å². The second-order valence-corrected chi connectivity index (χ2v) is 6.27. The molecule has 0 aromatic heterocycles. The van der Waals surface area contributed by atoms with Gasteiger partial charge in [0, 0.05) is 24.0 Å². The first-order valence-electron chi connectivity index (χ1n) is 7.26. The summed E-state index contributed by atoms with van der Waals surface area (Å²) >= 11 is 1.63. The van der Waals surface area contributed by atoms with E-state index in [2.05, 4.69) is 36.5 Å². The van der Waals surface area contributed by atoms with Gasteiger partial charge in [-0.05, 0) is 52.4 Å². The monoisotopic (exact) mass is 294 g/mol. The maximum absolute atomic E-state index is 12.3. The van der Waals surface area contributed by atoms with Crippen LogP contribution < -0.4 is 5.32 Å². The molecule has 0 fully saturated rings. The van der Waals surface area contributed by atoms with Crippen molar-refractivity contribution >= 4 is 17.7 Å². The molecule has 0 bridgehead atoms. The molecule has 0 aliphatic rings. The zero-order valence-corrected chi connectivity index (χ0v) is 14.0. The fourth-order valence-electron chi connectivity index (χ4n) is 2.07. The van der Waals surface area contributed by atoms with E-state index in [0.29, 0.717) is 6.04 Å². The molecule has 0 radical (unpaired) electrons. The summed E-state index contributed by atoms with van der Waals surface area (Å²) in [5.74, 6) is 0.215. The van der Waals surface area contributed by atoms with Crippen LogP contribution in [0, 0.1) is 0 Å². The third kappa shape index (κ3) is 4.53. The molecule has 20 heavy (non-hydrogen) atoms. The van der Waals surface area contributed by atoms with Crippen LogP contribution in [0.3, 0.4) is 0 Å². The molecular weight excluding hydrogens is 268 g/mol. The second-order valence-electron chi connectivity index (χ2n) is 4.85. The standard InChI is InChI=1S/C16H26N2OS/c1-6-18(7-2)16(19)13(4)20-15-10-8-9-14(11-15)12(3)17-5/h8-13,17H,6-7H2,1-5H3. The third-order valence-corrected chi connectivity index (χ3v) is 4.61. The van der Waals surface area contributed by atoms with E-state index in [1.54, 1.807) is 11.8 Å². The number of nitrogens with one attached hydrogen (secondary N) is 1. The number of hydrogen-bond acceptors (Lipinski definition) is 3. The fourth-order valence-corrected chi connectivity index (χ4v) is 3.09. The Kier molecular flexibility index (Phi) is 7.10. The zero-order valence-electron chi connectivity index (χ0n) is 13.1. The molecule has 0 saturated heterocycles. The quantitative estimate of drug-likeness (QED) is 0.783. The third-order valence-electron chi connectivity index (χ3n) is 3.53. The van der Waals surface area contributed by atoms with Gasteiger partial charge in [0.1, 0.15) is 0 Å². The lowest BCUT2D eigenvalue weighted by atomic mass is 10.1. The van der Waals surface area contributed by atoms with Crippen molar-refractivity contribution in [1.29, 1.82) is 0 Å². The molecule has 0 heterocycles. The Labute approximate surface area is 127 Å². The van der Waals surface area contributed by atoms with E-state index in [-0.39, 0.29) is 11.2 Å². The van der Waals surface area contributed by atoms with Crippen molar-refractivity contribution in [2.24, 2.45) is 0 Å². The number of carbonyl (C=O) groups excluding carboxylic acids is 1. The SMILES string of the molecule is CCN(CC)C(=O)C(C)Sc1cccc(C(C)NC)c1. The molecule has 1 aromatic rings. The van der Waals surface area contributed by atoms with E-state index >= 15 is 0 Å². The average Bonchev–Trinajstić information content (AvgIpc) is 2.47. The molecule has 112 valence electrons. The van der Waals surface area contributed by atoms with Gasteiger partial charge in [0.25, 0.3) is 0 Å². The number of rotatable bonds is 7. The molecule has 1 amide bonds. The maximum Gasteiger partial charge on any atom is 0.235 e. The normalized spacial score (nSPS) is 13.8. The second kappa shape index (κ2) is 8.32. The van der Waals surface area contributed by atoms with Crippen molar-refractivity contribution in [3.8, 4) is 0 Å². The van der Waals surface area contributed by atoms with Crippen LogP contribution in [0.2, 0.25) is 0 Å². The van der Waals surface area contributed by atoms with E-state index in [9.17, 15) is 4.79 Å². The van der Waals surface area contributed by atoms with Gasteiger partial charge in [0.05, 0.1) is 5.25 Å². The lowest BCUT2D eigenvalue weighted by molar-refractivity contribution is -0.129. The molecule has 0 spiro atoms. The molecule has 0 aliphatic heterocycles. The highest BCUT2D eigenvalue weighted by Gasteiger charge is 2.19. The summed E-state index contributed by atoms with van der Waals surface area (Å²) in [6.07, 6.45) is 0. The first kappa shape index (κ1) is 17.1. The van der Waals surface area contributed by atoms with Gasteiger partial charge in [-0.2, -0.15) is 0 Å². The van der Waals surface area contributed by atoms with Crippen LogP contribution in [0.25, 0.3) is 0 Å². The summed E-state index contributed by atoms with van der Waals surface area (Å²) in [6, 6.07) is 8.73. The van der Waals surface area contributed by atoms with Crippen LogP contribution >= 0.6 is 11.8 Å². The molecule has 1 N–H and O–H groups in total. The highest BCUT2D eigenvalue weighted by Crippen LogP contribution is 2.27. The highest BCUT2D eigenvalue weighted by molar-refractivity contribution is 8.00. The van der Waals surface area contributed by atoms with Crippen LogP contribution in [0.5, 0.6) is 0 Å². The summed E-state index contributed by atoms with van der Waals surface area (Å²) in [5, 5.41) is 3.19. The molecule has 2 unspecified atom stereocenters. The van der Waals surface area contributed by atoms with E-state index in [1.807, 2.05) is 32.7 Å². The molecule has 0 saturated carbocycles. The van der Waals surface area contributed by atoms with Crippen molar-refractivity contribution < 1.29 is 4.79 Å². The largest absolute Gasteiger partial charge is 0.342 e. The van der Waals surface area contributed by atoms with E-state index in [1.165, 1.54) is 5.56 Å². The van der Waals surface area contributed by atoms with Crippen LogP contribution in [-0.2, 0) is 4.79 Å². The Hall–Kier alpha value is -1.00. The Balaban J connectivity index is 2.75. The van der Waals surface area contributed by atoms with Gasteiger partial charge in [0.2, 0.25) is 5.91 Å². The van der Waals surface area contributed by atoms with Crippen LogP contribution in [0.4, 0.5) is 0 Å². The lowest BCUT2D eigenvalue weighted by Gasteiger charge is -2.22. The van der Waals surface area contributed by atoms with E-state index in [0.717, 1.165) is 18.0 Å². The molecule has 2 atom stereocenters. The number of thioether (sulfide) groups is 1. The Morgan fingerprint density at radius 1 is 1.30 bits per heavy atom. The highest BCUT2D eigenvalue weighted by atomic mass is 32.2. The van der Waals surface area contributed by atoms with Crippen molar-refractivity contribution in [1.82, 2.24) is 10.2 Å². The summed E-state index contributed by atoms with van der Waals surface area (Å²) in [4.78, 5) is 15.3. The smallest absolute Gasteiger partial charge is 0.235 e. The zero-order chi connectivity index (χ0) is 15.1. The van der Waals surface area contributed by atoms with E-state index < -0.39 is 0 Å². The molecule has 0 aliphatic carbocycles. The van der Waals surface area contributed by atoms with Gasteiger partial charge in [-0.25, -0.2) is 0 Å². The van der Waals surface area contributed by atoms with Crippen LogP contribution in [0.15, 0.2) is 29.2 Å². The van der Waals surface area contributed by atoms with Crippen LogP contribution in [0.1, 0.15) is 39.3 Å². The average molecular weight is 294 g/mol. The maximum atomic E-state index is 12.3. The van der Waals surface area contributed by atoms with Gasteiger partial charge in [-0.1, -0.05) is 12.1 Å². The van der Waals surface area contributed by atoms with Gasteiger partial charge in [-0.3, -0.25) is 4.79 Å². The van der Waals surface area contributed by atoms with Crippen molar-refractivity contribution in [2.45, 2.75) is 43.9 Å². The van der Waals surface area contributed by atoms with Gasteiger partial charge < -0.3 is 10.2 Å². The first-order valence-corrected chi connectivity index (χ1v) is 8.14. The predicted molar refractivity (Wildman–Crippen MR) is 87.2 cm³/mol. The minimum absolute atomic E-state index is 0.0463. The van der Waals surface area contributed by atoms with Crippen molar-refractivity contribution in [3.63, 3.8) is 0 Å². The lowest BCUT2D eigenvalue weighted by Crippen LogP contribution is -2.36. The summed E-state index contributed by atoms with van der Waals surface area (Å²) < 4.78 is 0. The van der Waals surface area contributed by atoms with Crippen molar-refractivity contribution in [2.75, 3.05) is 20.1 Å². The Morgan fingerprint density at radius 3 is 2.50 bits per heavy atom. The number of hydrogen-bond donors (Lipinski definition) is 1. The first-order chi connectivity index (χ1) is 9.53. The summed E-state index contributed by atoms with van der Waals surface area (Å²) in [6.45, 7) is 9.71. The number of amides is 1.